The molecule has 2 N–H and O–H groups in total. The summed E-state index contributed by atoms with van der Waals surface area (Å²) in [5.41, 5.74) is 1.28. The lowest BCUT2D eigenvalue weighted by molar-refractivity contribution is 0.751. The van der Waals surface area contributed by atoms with Crippen LogP contribution in [0.2, 0.25) is 0 Å². The SMILES string of the molecule is CN=C(NC)NCCCc1cnn(C)c1. The molecule has 1 aromatic heterocycles. The molecule has 5 heteroatoms. The van der Waals surface area contributed by atoms with Gasteiger partial charge in [0.15, 0.2) is 5.96 Å². The van der Waals surface area contributed by atoms with Gasteiger partial charge in [-0.3, -0.25) is 9.67 Å². The lowest BCUT2D eigenvalue weighted by Crippen LogP contribution is -2.35. The molecule has 1 aromatic rings. The van der Waals surface area contributed by atoms with Crippen LogP contribution in [-0.4, -0.2) is 36.4 Å². The lowest BCUT2D eigenvalue weighted by atomic mass is 10.2. The summed E-state index contributed by atoms with van der Waals surface area (Å²) in [5, 5.41) is 10.3. The van der Waals surface area contributed by atoms with Crippen LogP contribution in [0, 0.1) is 0 Å². The molecule has 15 heavy (non-hydrogen) atoms. The molecule has 0 saturated carbocycles. The summed E-state index contributed by atoms with van der Waals surface area (Å²) in [6, 6.07) is 0. The van der Waals surface area contributed by atoms with Gasteiger partial charge >= 0.3 is 0 Å². The summed E-state index contributed by atoms with van der Waals surface area (Å²) >= 11 is 0. The van der Waals surface area contributed by atoms with E-state index < -0.39 is 0 Å². The average molecular weight is 209 g/mol. The second-order valence-corrected chi connectivity index (χ2v) is 3.37. The average Bonchev–Trinajstić information content (AvgIpc) is 2.65. The minimum Gasteiger partial charge on any atom is -0.359 e. The van der Waals surface area contributed by atoms with Crippen LogP contribution in [-0.2, 0) is 13.5 Å². The molecule has 0 atom stereocenters. The minimum absolute atomic E-state index is 0.834. The quantitative estimate of drug-likeness (QED) is 0.421. The first kappa shape index (κ1) is 11.6. The third-order valence-electron chi connectivity index (χ3n) is 2.15. The van der Waals surface area contributed by atoms with E-state index in [1.807, 2.05) is 31.2 Å². The summed E-state index contributed by atoms with van der Waals surface area (Å²) in [6.07, 6.45) is 6.08. The fraction of sp³-hybridized carbons (Fsp3) is 0.600. The lowest BCUT2D eigenvalue weighted by Gasteiger charge is -2.07. The Labute approximate surface area is 90.6 Å². The van der Waals surface area contributed by atoms with Crippen molar-refractivity contribution in [3.05, 3.63) is 18.0 Å². The minimum atomic E-state index is 0.834. The molecular formula is C10H19N5. The predicted molar refractivity (Wildman–Crippen MR) is 62.0 cm³/mol. The van der Waals surface area contributed by atoms with E-state index in [0.29, 0.717) is 0 Å². The Morgan fingerprint density at radius 2 is 2.40 bits per heavy atom. The second-order valence-electron chi connectivity index (χ2n) is 3.37. The first-order valence-electron chi connectivity index (χ1n) is 5.12. The van der Waals surface area contributed by atoms with Gasteiger partial charge in [0.25, 0.3) is 0 Å². The summed E-state index contributed by atoms with van der Waals surface area (Å²) in [6.45, 7) is 0.919. The van der Waals surface area contributed by atoms with E-state index in [-0.39, 0.29) is 0 Å². The maximum absolute atomic E-state index is 4.12. The van der Waals surface area contributed by atoms with Crippen molar-refractivity contribution in [2.45, 2.75) is 12.8 Å². The van der Waals surface area contributed by atoms with Crippen LogP contribution in [0.3, 0.4) is 0 Å². The van der Waals surface area contributed by atoms with E-state index in [1.165, 1.54) is 5.56 Å². The van der Waals surface area contributed by atoms with E-state index in [2.05, 4.69) is 20.7 Å². The Kier molecular flexibility index (Phi) is 4.66. The van der Waals surface area contributed by atoms with Crippen LogP contribution in [0.4, 0.5) is 0 Å². The highest BCUT2D eigenvalue weighted by molar-refractivity contribution is 5.79. The number of aryl methyl sites for hydroxylation is 2. The Bertz CT molecular complexity index is 315. The van der Waals surface area contributed by atoms with Crippen molar-refractivity contribution in [1.82, 2.24) is 20.4 Å². The van der Waals surface area contributed by atoms with Gasteiger partial charge in [-0.1, -0.05) is 0 Å². The van der Waals surface area contributed by atoms with Crippen LogP contribution < -0.4 is 10.6 Å². The van der Waals surface area contributed by atoms with E-state index in [4.69, 9.17) is 0 Å². The molecule has 1 rings (SSSR count). The van der Waals surface area contributed by atoms with Gasteiger partial charge in [0, 0.05) is 33.9 Å². The molecule has 0 amide bonds. The molecule has 0 saturated heterocycles. The van der Waals surface area contributed by atoms with Gasteiger partial charge in [-0.05, 0) is 18.4 Å². The van der Waals surface area contributed by atoms with E-state index in [1.54, 1.807) is 7.05 Å². The largest absolute Gasteiger partial charge is 0.359 e. The van der Waals surface area contributed by atoms with Gasteiger partial charge in [-0.2, -0.15) is 5.10 Å². The Hall–Kier alpha value is -1.52. The first-order valence-corrected chi connectivity index (χ1v) is 5.12. The maximum Gasteiger partial charge on any atom is 0.190 e. The number of aliphatic imine (C=N–C) groups is 1. The fourth-order valence-electron chi connectivity index (χ4n) is 1.38. The number of nitrogens with one attached hydrogen (secondary N) is 2. The predicted octanol–water partition coefficient (Wildman–Crippen LogP) is 0.148. The van der Waals surface area contributed by atoms with Crippen molar-refractivity contribution in [3.8, 4) is 0 Å². The molecule has 1 heterocycles. The second kappa shape index (κ2) is 6.06. The van der Waals surface area contributed by atoms with Crippen molar-refractivity contribution in [3.63, 3.8) is 0 Å². The molecule has 0 aliphatic rings. The van der Waals surface area contributed by atoms with Crippen LogP contribution in [0.15, 0.2) is 17.4 Å². The molecule has 84 valence electrons. The van der Waals surface area contributed by atoms with Gasteiger partial charge in [-0.25, -0.2) is 0 Å². The molecule has 0 spiro atoms. The Balaban J connectivity index is 2.17. The van der Waals surface area contributed by atoms with Crippen molar-refractivity contribution in [2.75, 3.05) is 20.6 Å². The monoisotopic (exact) mass is 209 g/mol. The zero-order chi connectivity index (χ0) is 11.1. The first-order chi connectivity index (χ1) is 7.26. The van der Waals surface area contributed by atoms with Crippen LogP contribution in [0.25, 0.3) is 0 Å². The Morgan fingerprint density at radius 1 is 1.60 bits per heavy atom. The molecule has 0 bridgehead atoms. The zero-order valence-electron chi connectivity index (χ0n) is 9.62. The summed E-state index contributed by atoms with van der Waals surface area (Å²) in [4.78, 5) is 4.03. The van der Waals surface area contributed by atoms with Gasteiger partial charge in [0.1, 0.15) is 0 Å². The van der Waals surface area contributed by atoms with Crippen LogP contribution in [0.5, 0.6) is 0 Å². The molecule has 5 nitrogen and oxygen atoms in total. The van der Waals surface area contributed by atoms with Crippen molar-refractivity contribution >= 4 is 5.96 Å². The number of guanidine groups is 1. The van der Waals surface area contributed by atoms with E-state index in [0.717, 1.165) is 25.3 Å². The third kappa shape index (κ3) is 4.01. The van der Waals surface area contributed by atoms with Gasteiger partial charge in [-0.15, -0.1) is 0 Å². The van der Waals surface area contributed by atoms with Gasteiger partial charge in [0.05, 0.1) is 6.20 Å². The number of hydrogen-bond donors (Lipinski definition) is 2. The number of nitrogens with zero attached hydrogens (tertiary/aromatic N) is 3. The summed E-state index contributed by atoms with van der Waals surface area (Å²) in [7, 11) is 5.56. The van der Waals surface area contributed by atoms with Crippen molar-refractivity contribution in [2.24, 2.45) is 12.0 Å². The maximum atomic E-state index is 4.12. The fourth-order valence-corrected chi connectivity index (χ4v) is 1.38. The van der Waals surface area contributed by atoms with Crippen LogP contribution >= 0.6 is 0 Å². The summed E-state index contributed by atoms with van der Waals surface area (Å²) in [5.74, 6) is 0.834. The summed E-state index contributed by atoms with van der Waals surface area (Å²) < 4.78 is 1.83. The van der Waals surface area contributed by atoms with E-state index in [9.17, 15) is 0 Å². The molecule has 0 fully saturated rings. The molecular weight excluding hydrogens is 190 g/mol. The van der Waals surface area contributed by atoms with E-state index >= 15 is 0 Å². The Morgan fingerprint density at radius 3 is 2.93 bits per heavy atom. The number of aromatic nitrogens is 2. The molecule has 0 aromatic carbocycles. The topological polar surface area (TPSA) is 54.2 Å². The van der Waals surface area contributed by atoms with Gasteiger partial charge < -0.3 is 10.6 Å². The van der Waals surface area contributed by atoms with Crippen molar-refractivity contribution < 1.29 is 0 Å². The van der Waals surface area contributed by atoms with Crippen molar-refractivity contribution in [1.29, 1.82) is 0 Å². The molecule has 0 radical (unpaired) electrons. The molecule has 0 aliphatic heterocycles. The standard InChI is InChI=1S/C10H19N5/c1-11-10(12-2)13-6-4-5-9-7-14-15(3)8-9/h7-8H,4-6H2,1-3H3,(H2,11,12,13). The third-order valence-corrected chi connectivity index (χ3v) is 2.15. The zero-order valence-corrected chi connectivity index (χ0v) is 9.62. The van der Waals surface area contributed by atoms with Crippen LogP contribution in [0.1, 0.15) is 12.0 Å². The highest BCUT2D eigenvalue weighted by atomic mass is 15.2. The number of rotatable bonds is 4. The highest BCUT2D eigenvalue weighted by Crippen LogP contribution is 1.99. The highest BCUT2D eigenvalue weighted by Gasteiger charge is 1.96. The van der Waals surface area contributed by atoms with Gasteiger partial charge in [0.2, 0.25) is 0 Å². The normalized spacial score (nSPS) is 11.5. The molecule has 0 unspecified atom stereocenters. The smallest absolute Gasteiger partial charge is 0.190 e. The molecule has 0 aliphatic carbocycles. The number of hydrogen-bond acceptors (Lipinski definition) is 2.